The number of nitrogens with one attached hydrogen (secondary N) is 1. The van der Waals surface area contributed by atoms with Crippen molar-refractivity contribution in [3.05, 3.63) is 63.7 Å². The Balaban J connectivity index is 1.49. The summed E-state index contributed by atoms with van der Waals surface area (Å²) in [5.41, 5.74) is 1.99. The van der Waals surface area contributed by atoms with E-state index in [1.54, 1.807) is 6.07 Å². The standard InChI is InChI=1S/C22H24N4O6S/c1-15-7-8-17(16(2)13-15)25-21(27)14-19(22(25)28)23-9-11-24(12-10-23)33(31,32)20-6-4-3-5-18(20)26(29)30/h3-8,13,19H,9-12,14H2,1-2H3/p+1/t19-/m1/s1. The number of amides is 2. The van der Waals surface area contributed by atoms with Crippen LogP contribution >= 0.6 is 0 Å². The number of benzene rings is 2. The summed E-state index contributed by atoms with van der Waals surface area (Å²) in [5, 5.41) is 11.3. The van der Waals surface area contributed by atoms with Gasteiger partial charge in [0.15, 0.2) is 10.9 Å². The number of hydrogen-bond donors (Lipinski definition) is 1. The number of carbonyl (C=O) groups excluding carboxylic acids is 2. The van der Waals surface area contributed by atoms with Gasteiger partial charge in [-0.05, 0) is 31.5 Å². The molecule has 0 spiro atoms. The molecule has 2 fully saturated rings. The quantitative estimate of drug-likeness (QED) is 0.382. The van der Waals surface area contributed by atoms with Crippen molar-refractivity contribution in [1.82, 2.24) is 4.31 Å². The maximum absolute atomic E-state index is 13.1. The first-order chi connectivity index (χ1) is 15.6. The van der Waals surface area contributed by atoms with Crippen LogP contribution in [0.4, 0.5) is 11.4 Å². The van der Waals surface area contributed by atoms with Gasteiger partial charge < -0.3 is 4.90 Å². The minimum atomic E-state index is -4.06. The second-order valence-corrected chi connectivity index (χ2v) is 10.3. The van der Waals surface area contributed by atoms with E-state index in [2.05, 4.69) is 0 Å². The molecule has 0 radical (unpaired) electrons. The Morgan fingerprint density at radius 3 is 2.36 bits per heavy atom. The molecule has 33 heavy (non-hydrogen) atoms. The average molecular weight is 474 g/mol. The number of piperazine rings is 1. The highest BCUT2D eigenvalue weighted by Gasteiger charge is 2.47. The molecule has 2 saturated heterocycles. The monoisotopic (exact) mass is 473 g/mol. The summed E-state index contributed by atoms with van der Waals surface area (Å²) in [6.07, 6.45) is 0.0678. The van der Waals surface area contributed by atoms with Gasteiger partial charge in [-0.1, -0.05) is 29.8 Å². The van der Waals surface area contributed by atoms with Crippen molar-refractivity contribution < 1.29 is 27.8 Å². The van der Waals surface area contributed by atoms with Gasteiger partial charge in [0.1, 0.15) is 0 Å². The van der Waals surface area contributed by atoms with Gasteiger partial charge in [0.05, 0.1) is 43.2 Å². The van der Waals surface area contributed by atoms with Crippen molar-refractivity contribution in [3.63, 3.8) is 0 Å². The van der Waals surface area contributed by atoms with E-state index in [0.29, 0.717) is 18.8 Å². The topological polar surface area (TPSA) is 122 Å². The largest absolute Gasteiger partial charge is 0.322 e. The molecule has 0 aromatic heterocycles. The number of nitrogens with zero attached hydrogens (tertiary/aromatic N) is 3. The van der Waals surface area contributed by atoms with Crippen molar-refractivity contribution in [2.75, 3.05) is 31.1 Å². The lowest BCUT2D eigenvalue weighted by Gasteiger charge is -2.33. The molecule has 1 atom stereocenters. The number of anilines is 1. The molecule has 0 unspecified atom stereocenters. The number of hydrogen-bond acceptors (Lipinski definition) is 6. The number of nitro groups is 1. The first-order valence-electron chi connectivity index (χ1n) is 10.6. The third-order valence-corrected chi connectivity index (χ3v) is 8.22. The molecule has 2 aliphatic rings. The summed E-state index contributed by atoms with van der Waals surface area (Å²) in [6.45, 7) is 4.65. The minimum Gasteiger partial charge on any atom is -0.322 e. The molecule has 0 bridgehead atoms. The van der Waals surface area contributed by atoms with E-state index in [1.165, 1.54) is 33.5 Å². The number of quaternary nitrogens is 1. The predicted octanol–water partition coefficient (Wildman–Crippen LogP) is 0.433. The SMILES string of the molecule is Cc1ccc(N2C(=O)C[C@@H]([NH+]3CCN(S(=O)(=O)c4ccccc4[N+](=O)[O-])CC3)C2=O)c(C)c1. The minimum absolute atomic E-state index is 0.0678. The second-order valence-electron chi connectivity index (χ2n) is 8.40. The number of para-hydroxylation sites is 1. The lowest BCUT2D eigenvalue weighted by Crippen LogP contribution is -3.19. The first-order valence-corrected chi connectivity index (χ1v) is 12.1. The van der Waals surface area contributed by atoms with Crippen LogP contribution in [-0.2, 0) is 19.6 Å². The van der Waals surface area contributed by atoms with Gasteiger partial charge in [-0.3, -0.25) is 19.7 Å². The Labute approximate surface area is 191 Å². The van der Waals surface area contributed by atoms with Crippen LogP contribution in [0.5, 0.6) is 0 Å². The van der Waals surface area contributed by atoms with E-state index in [-0.39, 0.29) is 36.2 Å². The highest BCUT2D eigenvalue weighted by Crippen LogP contribution is 2.28. The molecule has 2 amide bonds. The van der Waals surface area contributed by atoms with E-state index in [9.17, 15) is 28.1 Å². The smallest absolute Gasteiger partial charge is 0.292 e. The van der Waals surface area contributed by atoms with Crippen LogP contribution in [-0.4, -0.2) is 61.7 Å². The van der Waals surface area contributed by atoms with Gasteiger partial charge in [-0.2, -0.15) is 4.31 Å². The number of sulfonamides is 1. The normalized spacial score (nSPS) is 20.4. The van der Waals surface area contributed by atoms with Crippen molar-refractivity contribution in [2.45, 2.75) is 31.2 Å². The fourth-order valence-corrected chi connectivity index (χ4v) is 6.19. The van der Waals surface area contributed by atoms with Crippen LogP contribution in [0.2, 0.25) is 0 Å². The molecule has 10 nitrogen and oxygen atoms in total. The van der Waals surface area contributed by atoms with E-state index >= 15 is 0 Å². The van der Waals surface area contributed by atoms with Crippen LogP contribution in [0.3, 0.4) is 0 Å². The Hall–Kier alpha value is -3.15. The fraction of sp³-hybridized carbons (Fsp3) is 0.364. The molecule has 2 aromatic carbocycles. The molecule has 174 valence electrons. The van der Waals surface area contributed by atoms with Crippen LogP contribution in [0.25, 0.3) is 0 Å². The number of imide groups is 1. The summed E-state index contributed by atoms with van der Waals surface area (Å²) in [7, 11) is -4.06. The van der Waals surface area contributed by atoms with E-state index in [4.69, 9.17) is 0 Å². The molecular formula is C22H25N4O6S+. The van der Waals surface area contributed by atoms with Gasteiger partial charge in [0, 0.05) is 6.07 Å². The third kappa shape index (κ3) is 4.14. The zero-order valence-electron chi connectivity index (χ0n) is 18.4. The number of rotatable bonds is 5. The van der Waals surface area contributed by atoms with Gasteiger partial charge in [0.2, 0.25) is 15.9 Å². The Morgan fingerprint density at radius 2 is 1.73 bits per heavy atom. The van der Waals surface area contributed by atoms with Crippen LogP contribution in [0, 0.1) is 24.0 Å². The Morgan fingerprint density at radius 1 is 1.06 bits per heavy atom. The van der Waals surface area contributed by atoms with Gasteiger partial charge in [-0.15, -0.1) is 0 Å². The molecule has 2 aromatic rings. The Bertz CT molecular complexity index is 1240. The summed E-state index contributed by atoms with van der Waals surface area (Å²) in [4.78, 5) is 38.2. The summed E-state index contributed by atoms with van der Waals surface area (Å²) >= 11 is 0. The molecule has 4 rings (SSSR count). The van der Waals surface area contributed by atoms with E-state index < -0.39 is 26.7 Å². The van der Waals surface area contributed by atoms with E-state index in [1.807, 2.05) is 26.0 Å². The van der Waals surface area contributed by atoms with E-state index in [0.717, 1.165) is 16.0 Å². The number of nitro benzene ring substituents is 1. The van der Waals surface area contributed by atoms with Crippen molar-refractivity contribution in [1.29, 1.82) is 0 Å². The summed E-state index contributed by atoms with van der Waals surface area (Å²) < 4.78 is 27.3. The van der Waals surface area contributed by atoms with Gasteiger partial charge in [-0.25, -0.2) is 13.3 Å². The number of aryl methyl sites for hydroxylation is 2. The van der Waals surface area contributed by atoms with Crippen molar-refractivity contribution >= 4 is 33.2 Å². The molecule has 0 saturated carbocycles. The molecular weight excluding hydrogens is 448 g/mol. The maximum Gasteiger partial charge on any atom is 0.292 e. The third-order valence-electron chi connectivity index (χ3n) is 6.28. The lowest BCUT2D eigenvalue weighted by atomic mass is 10.1. The fourth-order valence-electron chi connectivity index (χ4n) is 4.59. The zero-order valence-corrected chi connectivity index (χ0v) is 19.2. The van der Waals surface area contributed by atoms with Gasteiger partial charge >= 0.3 is 0 Å². The van der Waals surface area contributed by atoms with Gasteiger partial charge in [0.25, 0.3) is 11.6 Å². The summed E-state index contributed by atoms with van der Waals surface area (Å²) in [5.74, 6) is -0.545. The summed E-state index contributed by atoms with van der Waals surface area (Å²) in [6, 6.07) is 10.2. The predicted molar refractivity (Wildman–Crippen MR) is 119 cm³/mol. The average Bonchev–Trinajstić information content (AvgIpc) is 3.08. The molecule has 11 heteroatoms. The van der Waals surface area contributed by atoms with Crippen LogP contribution in [0.15, 0.2) is 47.4 Å². The van der Waals surface area contributed by atoms with Crippen molar-refractivity contribution in [2.24, 2.45) is 0 Å². The molecule has 0 aliphatic carbocycles. The van der Waals surface area contributed by atoms with Crippen LogP contribution in [0.1, 0.15) is 17.5 Å². The highest BCUT2D eigenvalue weighted by molar-refractivity contribution is 7.89. The first kappa shape index (κ1) is 23.0. The molecule has 2 heterocycles. The second kappa shape index (κ2) is 8.65. The molecule has 1 N–H and O–H groups in total. The van der Waals surface area contributed by atoms with Crippen molar-refractivity contribution in [3.8, 4) is 0 Å². The maximum atomic E-state index is 13.1. The highest BCUT2D eigenvalue weighted by atomic mass is 32.2. The number of carbonyl (C=O) groups is 2. The zero-order chi connectivity index (χ0) is 23.9. The Kier molecular flexibility index (Phi) is 6.04. The lowest BCUT2D eigenvalue weighted by molar-refractivity contribution is -0.918. The van der Waals surface area contributed by atoms with Crippen LogP contribution < -0.4 is 9.80 Å². The molecule has 2 aliphatic heterocycles.